The van der Waals surface area contributed by atoms with E-state index in [2.05, 4.69) is 30.9 Å². The highest BCUT2D eigenvalue weighted by Gasteiger charge is 2.31. The number of carboxylic acid groups (broad SMARTS) is 1. The zero-order valence-corrected chi connectivity index (χ0v) is 24.4. The summed E-state index contributed by atoms with van der Waals surface area (Å²) >= 11 is 1.46. The number of aromatic amines is 2. The Morgan fingerprint density at radius 2 is 1.64 bits per heavy atom. The number of aromatic nitrogens is 3. The number of amides is 3. The number of imidazole rings is 1. The first-order valence-electron chi connectivity index (χ1n) is 13.8. The van der Waals surface area contributed by atoms with E-state index in [4.69, 9.17) is 11.5 Å². The molecule has 4 unspecified atom stereocenters. The fourth-order valence-electron chi connectivity index (χ4n) is 4.51. The number of para-hydroxylation sites is 1. The van der Waals surface area contributed by atoms with Crippen LogP contribution in [0.5, 0.6) is 0 Å². The number of nitrogens with zero attached hydrogens (tertiary/aromatic N) is 1. The second-order valence-electron chi connectivity index (χ2n) is 10.0. The SMILES string of the molecule is CSCCC(NC(=O)C(Cc1c[nH]c2ccccc12)NC(=O)C(Cc1cnc[nH]1)NC(=O)C(N)CCCCN)C(=O)O. The van der Waals surface area contributed by atoms with E-state index in [-0.39, 0.29) is 19.3 Å². The maximum absolute atomic E-state index is 13.7. The van der Waals surface area contributed by atoms with Crippen molar-refractivity contribution in [3.05, 3.63) is 54.2 Å². The van der Waals surface area contributed by atoms with Gasteiger partial charge in [0.15, 0.2) is 0 Å². The van der Waals surface area contributed by atoms with Crippen LogP contribution in [0.15, 0.2) is 43.0 Å². The molecule has 42 heavy (non-hydrogen) atoms. The van der Waals surface area contributed by atoms with Crippen molar-refractivity contribution >= 4 is 46.4 Å². The van der Waals surface area contributed by atoms with Crippen LogP contribution < -0.4 is 27.4 Å². The Kier molecular flexibility index (Phi) is 12.8. The van der Waals surface area contributed by atoms with Gasteiger partial charge in [-0.15, -0.1) is 0 Å². The van der Waals surface area contributed by atoms with Gasteiger partial charge in [-0.2, -0.15) is 11.8 Å². The summed E-state index contributed by atoms with van der Waals surface area (Å²) in [7, 11) is 0. The average Bonchev–Trinajstić information content (AvgIpc) is 3.64. The molecule has 0 saturated carbocycles. The highest BCUT2D eigenvalue weighted by molar-refractivity contribution is 7.98. The van der Waals surface area contributed by atoms with Gasteiger partial charge in [0.2, 0.25) is 17.7 Å². The number of unbranched alkanes of at least 4 members (excludes halogenated alkanes) is 1. The quantitative estimate of drug-likeness (QED) is 0.0947. The number of rotatable bonds is 18. The van der Waals surface area contributed by atoms with Crippen molar-refractivity contribution in [3.63, 3.8) is 0 Å². The smallest absolute Gasteiger partial charge is 0.326 e. The van der Waals surface area contributed by atoms with Gasteiger partial charge in [0.1, 0.15) is 18.1 Å². The lowest BCUT2D eigenvalue weighted by atomic mass is 10.0. The molecule has 0 fully saturated rings. The van der Waals surface area contributed by atoms with Crippen LogP contribution in [0.2, 0.25) is 0 Å². The van der Waals surface area contributed by atoms with Crippen molar-refractivity contribution in [3.8, 4) is 0 Å². The zero-order valence-electron chi connectivity index (χ0n) is 23.6. The summed E-state index contributed by atoms with van der Waals surface area (Å²) in [6, 6.07) is 3.35. The number of nitrogens with one attached hydrogen (secondary N) is 5. The summed E-state index contributed by atoms with van der Waals surface area (Å²) < 4.78 is 0. The molecule has 2 aromatic heterocycles. The van der Waals surface area contributed by atoms with Crippen LogP contribution in [-0.2, 0) is 32.0 Å². The highest BCUT2D eigenvalue weighted by Crippen LogP contribution is 2.19. The summed E-state index contributed by atoms with van der Waals surface area (Å²) in [5.41, 5.74) is 13.8. The first-order valence-corrected chi connectivity index (χ1v) is 15.2. The molecule has 14 heteroatoms. The van der Waals surface area contributed by atoms with Crippen LogP contribution in [0.3, 0.4) is 0 Å². The number of carboxylic acids is 1. The minimum atomic E-state index is -1.16. The van der Waals surface area contributed by atoms with E-state index in [0.717, 1.165) is 22.9 Å². The average molecular weight is 601 g/mol. The Labute approximate surface area is 248 Å². The number of carbonyl (C=O) groups excluding carboxylic acids is 3. The van der Waals surface area contributed by atoms with E-state index >= 15 is 0 Å². The molecule has 0 aliphatic carbocycles. The Morgan fingerprint density at radius 1 is 0.952 bits per heavy atom. The number of H-pyrrole nitrogens is 2. The molecule has 1 aromatic carbocycles. The number of carbonyl (C=O) groups is 4. The highest BCUT2D eigenvalue weighted by atomic mass is 32.2. The van der Waals surface area contributed by atoms with Crippen molar-refractivity contribution in [1.82, 2.24) is 30.9 Å². The van der Waals surface area contributed by atoms with Gasteiger partial charge >= 0.3 is 5.97 Å². The topological polar surface area (TPSA) is 221 Å². The van der Waals surface area contributed by atoms with Crippen LogP contribution in [0.4, 0.5) is 0 Å². The molecule has 0 aliphatic rings. The summed E-state index contributed by atoms with van der Waals surface area (Å²) in [5.74, 6) is -2.41. The monoisotopic (exact) mass is 600 g/mol. The van der Waals surface area contributed by atoms with Crippen LogP contribution in [0.1, 0.15) is 36.9 Å². The van der Waals surface area contributed by atoms with Crippen molar-refractivity contribution in [2.45, 2.75) is 62.7 Å². The second kappa shape index (κ2) is 16.5. The predicted molar refractivity (Wildman–Crippen MR) is 162 cm³/mol. The van der Waals surface area contributed by atoms with Crippen LogP contribution in [0, 0.1) is 0 Å². The zero-order chi connectivity index (χ0) is 30.5. The van der Waals surface area contributed by atoms with E-state index in [1.807, 2.05) is 30.5 Å². The molecule has 4 atom stereocenters. The maximum atomic E-state index is 13.7. The second-order valence-corrected chi connectivity index (χ2v) is 11.0. The van der Waals surface area contributed by atoms with Gasteiger partial charge in [-0.25, -0.2) is 9.78 Å². The fourth-order valence-corrected chi connectivity index (χ4v) is 4.98. The van der Waals surface area contributed by atoms with E-state index < -0.39 is 47.9 Å². The van der Waals surface area contributed by atoms with Gasteiger partial charge in [0.25, 0.3) is 0 Å². The first-order chi connectivity index (χ1) is 20.2. The molecule has 0 spiro atoms. The van der Waals surface area contributed by atoms with Gasteiger partial charge in [0, 0.05) is 41.8 Å². The number of thioether (sulfide) groups is 1. The largest absolute Gasteiger partial charge is 0.480 e. The van der Waals surface area contributed by atoms with Crippen molar-refractivity contribution < 1.29 is 24.3 Å². The predicted octanol–water partition coefficient (Wildman–Crippen LogP) is 0.425. The molecule has 3 aromatic rings. The van der Waals surface area contributed by atoms with Gasteiger partial charge in [-0.05, 0) is 49.4 Å². The summed E-state index contributed by atoms with van der Waals surface area (Å²) in [4.78, 5) is 62.0. The van der Waals surface area contributed by atoms with Crippen molar-refractivity contribution in [2.24, 2.45) is 11.5 Å². The molecule has 13 nitrogen and oxygen atoms in total. The van der Waals surface area contributed by atoms with Crippen molar-refractivity contribution in [2.75, 3.05) is 18.6 Å². The lowest BCUT2D eigenvalue weighted by Crippen LogP contribution is -2.58. The molecular weight excluding hydrogens is 560 g/mol. The Hall–Kier alpha value is -3.88. The third kappa shape index (κ3) is 9.60. The molecule has 0 bridgehead atoms. The number of nitrogens with two attached hydrogens (primary N) is 2. The molecule has 0 aliphatic heterocycles. The van der Waals surface area contributed by atoms with E-state index in [1.165, 1.54) is 24.3 Å². The number of fused-ring (bicyclic) bond motifs is 1. The van der Waals surface area contributed by atoms with Gasteiger partial charge in [-0.1, -0.05) is 24.6 Å². The number of benzene rings is 1. The summed E-state index contributed by atoms with van der Waals surface area (Å²) in [6.07, 6.45) is 8.75. The van der Waals surface area contributed by atoms with Crippen LogP contribution in [-0.4, -0.2) is 86.5 Å². The molecule has 3 rings (SSSR count). The Bertz CT molecular complexity index is 1310. The van der Waals surface area contributed by atoms with E-state index in [0.29, 0.717) is 30.8 Å². The summed E-state index contributed by atoms with van der Waals surface area (Å²) in [6.45, 7) is 0.485. The van der Waals surface area contributed by atoms with E-state index in [9.17, 15) is 24.3 Å². The molecule has 0 radical (unpaired) electrons. The summed E-state index contributed by atoms with van der Waals surface area (Å²) in [5, 5.41) is 18.6. The van der Waals surface area contributed by atoms with Crippen molar-refractivity contribution in [1.29, 1.82) is 0 Å². The molecule has 0 saturated heterocycles. The maximum Gasteiger partial charge on any atom is 0.326 e. The Morgan fingerprint density at radius 3 is 2.31 bits per heavy atom. The van der Waals surface area contributed by atoms with Gasteiger partial charge in [-0.3, -0.25) is 14.4 Å². The first kappa shape index (κ1) is 32.6. The van der Waals surface area contributed by atoms with Crippen LogP contribution >= 0.6 is 11.8 Å². The molecule has 10 N–H and O–H groups in total. The fraction of sp³-hybridized carbons (Fsp3) is 0.464. The van der Waals surface area contributed by atoms with E-state index in [1.54, 1.807) is 6.20 Å². The lowest BCUT2D eigenvalue weighted by molar-refractivity contribution is -0.142. The standard InChI is InChI=1S/C28H40N8O5S/c1-42-11-9-22(28(40)41)34-26(38)23(12-17-14-32-21-8-3-2-6-19(17)21)36-27(39)24(13-18-15-31-16-33-18)35-25(37)20(30)7-4-5-10-29/h2-3,6,8,14-16,20,22-24,32H,4-5,7,9-13,29-30H2,1H3,(H,31,33)(H,34,38)(H,35,37)(H,36,39)(H,40,41). The number of hydrogen-bond acceptors (Lipinski definition) is 8. The molecule has 228 valence electrons. The number of aliphatic carboxylic acids is 1. The molecular formula is C28H40N8O5S. The molecule has 2 heterocycles. The van der Waals surface area contributed by atoms with Gasteiger partial charge in [0.05, 0.1) is 12.4 Å². The normalized spacial score (nSPS) is 14.1. The minimum absolute atomic E-state index is 0.0694. The number of hydrogen-bond donors (Lipinski definition) is 8. The third-order valence-electron chi connectivity index (χ3n) is 6.88. The lowest BCUT2D eigenvalue weighted by Gasteiger charge is -2.25. The molecule has 3 amide bonds. The Balaban J connectivity index is 1.84. The third-order valence-corrected chi connectivity index (χ3v) is 7.52. The van der Waals surface area contributed by atoms with Crippen LogP contribution in [0.25, 0.3) is 10.9 Å². The minimum Gasteiger partial charge on any atom is -0.480 e. The van der Waals surface area contributed by atoms with Gasteiger partial charge < -0.3 is 42.5 Å².